The number of methoxy groups -OCH3 is 1. The quantitative estimate of drug-likeness (QED) is 0.820. The van der Waals surface area contributed by atoms with Crippen LogP contribution in [0.2, 0.25) is 0 Å². The van der Waals surface area contributed by atoms with Crippen LogP contribution in [0.1, 0.15) is 30.4 Å². The molecule has 2 rings (SSSR count). The Morgan fingerprint density at radius 1 is 1.50 bits per heavy atom. The average Bonchev–Trinajstić information content (AvgIpc) is 2.81. The molecule has 1 fully saturated rings. The predicted octanol–water partition coefficient (Wildman–Crippen LogP) is 2.04. The maximum absolute atomic E-state index is 10.2. The fraction of sp³-hybridized carbons (Fsp3) is 0.538. The molecule has 3 heteroatoms. The van der Waals surface area contributed by atoms with E-state index in [1.165, 1.54) is 5.56 Å². The van der Waals surface area contributed by atoms with Gasteiger partial charge in [0.1, 0.15) is 0 Å². The molecule has 2 N–H and O–H groups in total. The lowest BCUT2D eigenvalue weighted by atomic mass is 9.91. The molecule has 16 heavy (non-hydrogen) atoms. The molecule has 1 aromatic rings. The summed E-state index contributed by atoms with van der Waals surface area (Å²) in [7, 11) is 1.59. The van der Waals surface area contributed by atoms with Crippen molar-refractivity contribution in [3.63, 3.8) is 0 Å². The SMILES string of the molecule is CCc1ccc(OC)c(O)c1C1CCNC1. The minimum atomic E-state index is 0.329. The molecule has 0 saturated carbocycles. The Balaban J connectivity index is 2.45. The summed E-state index contributed by atoms with van der Waals surface area (Å²) in [5, 5.41) is 13.5. The summed E-state index contributed by atoms with van der Waals surface area (Å²) in [5.41, 5.74) is 2.30. The van der Waals surface area contributed by atoms with Crippen molar-refractivity contribution in [3.05, 3.63) is 23.3 Å². The van der Waals surface area contributed by atoms with Crippen LogP contribution in [0.5, 0.6) is 11.5 Å². The molecule has 1 aliphatic rings. The van der Waals surface area contributed by atoms with Crippen molar-refractivity contribution in [2.24, 2.45) is 0 Å². The van der Waals surface area contributed by atoms with Crippen LogP contribution in [0.15, 0.2) is 12.1 Å². The molecular formula is C13H19NO2. The molecule has 1 saturated heterocycles. The van der Waals surface area contributed by atoms with Gasteiger partial charge < -0.3 is 15.2 Å². The van der Waals surface area contributed by atoms with Gasteiger partial charge in [-0.2, -0.15) is 0 Å². The minimum absolute atomic E-state index is 0.329. The number of nitrogens with one attached hydrogen (secondary N) is 1. The first-order valence-corrected chi connectivity index (χ1v) is 5.87. The number of phenols is 1. The van der Waals surface area contributed by atoms with E-state index in [1.54, 1.807) is 7.11 Å². The molecule has 1 aliphatic heterocycles. The van der Waals surface area contributed by atoms with Gasteiger partial charge in [0, 0.05) is 18.0 Å². The molecule has 1 atom stereocenters. The predicted molar refractivity (Wildman–Crippen MR) is 64.3 cm³/mol. The van der Waals surface area contributed by atoms with Gasteiger partial charge in [-0.25, -0.2) is 0 Å². The average molecular weight is 221 g/mol. The van der Waals surface area contributed by atoms with E-state index >= 15 is 0 Å². The molecule has 0 radical (unpaired) electrons. The van der Waals surface area contributed by atoms with E-state index in [4.69, 9.17) is 4.74 Å². The zero-order valence-electron chi connectivity index (χ0n) is 9.92. The van der Waals surface area contributed by atoms with Gasteiger partial charge in [0.2, 0.25) is 0 Å². The van der Waals surface area contributed by atoms with Gasteiger partial charge in [0.15, 0.2) is 11.5 Å². The van der Waals surface area contributed by atoms with Gasteiger partial charge in [0.25, 0.3) is 0 Å². The lowest BCUT2D eigenvalue weighted by Gasteiger charge is -2.17. The monoisotopic (exact) mass is 221 g/mol. The van der Waals surface area contributed by atoms with Gasteiger partial charge in [0.05, 0.1) is 7.11 Å². The molecule has 0 amide bonds. The lowest BCUT2D eigenvalue weighted by molar-refractivity contribution is 0.368. The number of aryl methyl sites for hydroxylation is 1. The van der Waals surface area contributed by atoms with E-state index in [-0.39, 0.29) is 0 Å². The van der Waals surface area contributed by atoms with Gasteiger partial charge in [-0.1, -0.05) is 13.0 Å². The van der Waals surface area contributed by atoms with Crippen LogP contribution in [0.25, 0.3) is 0 Å². The highest BCUT2D eigenvalue weighted by Crippen LogP contribution is 2.39. The van der Waals surface area contributed by atoms with Crippen molar-refractivity contribution in [2.45, 2.75) is 25.7 Å². The highest BCUT2D eigenvalue weighted by atomic mass is 16.5. The summed E-state index contributed by atoms with van der Waals surface area (Å²) in [6.07, 6.45) is 2.04. The van der Waals surface area contributed by atoms with Gasteiger partial charge in [-0.05, 0) is 31.0 Å². The topological polar surface area (TPSA) is 41.5 Å². The van der Waals surface area contributed by atoms with E-state index in [1.807, 2.05) is 6.07 Å². The summed E-state index contributed by atoms with van der Waals surface area (Å²) in [6, 6.07) is 3.91. The maximum atomic E-state index is 10.2. The number of benzene rings is 1. The number of hydrogen-bond acceptors (Lipinski definition) is 3. The number of hydrogen-bond donors (Lipinski definition) is 2. The summed E-state index contributed by atoms with van der Waals surface area (Å²) in [6.45, 7) is 4.10. The third-order valence-corrected chi connectivity index (χ3v) is 3.34. The Morgan fingerprint density at radius 2 is 2.31 bits per heavy atom. The van der Waals surface area contributed by atoms with Crippen molar-refractivity contribution < 1.29 is 9.84 Å². The van der Waals surface area contributed by atoms with E-state index in [0.29, 0.717) is 17.4 Å². The summed E-state index contributed by atoms with van der Waals surface area (Å²) in [4.78, 5) is 0. The van der Waals surface area contributed by atoms with Crippen molar-refractivity contribution in [1.29, 1.82) is 0 Å². The molecule has 1 aromatic carbocycles. The largest absolute Gasteiger partial charge is 0.504 e. The second-order valence-electron chi connectivity index (χ2n) is 4.23. The van der Waals surface area contributed by atoms with Gasteiger partial charge in [-0.15, -0.1) is 0 Å². The first-order valence-electron chi connectivity index (χ1n) is 5.87. The summed E-state index contributed by atoms with van der Waals surface area (Å²) in [5.74, 6) is 1.33. The van der Waals surface area contributed by atoms with Crippen molar-refractivity contribution >= 4 is 0 Å². The van der Waals surface area contributed by atoms with Crippen LogP contribution in [-0.4, -0.2) is 25.3 Å². The molecule has 0 spiro atoms. The molecule has 0 aromatic heterocycles. The second-order valence-corrected chi connectivity index (χ2v) is 4.23. The van der Waals surface area contributed by atoms with Crippen molar-refractivity contribution in [3.8, 4) is 11.5 Å². The Bertz CT molecular complexity index is 370. The smallest absolute Gasteiger partial charge is 0.161 e. The molecule has 0 aliphatic carbocycles. The Hall–Kier alpha value is -1.22. The van der Waals surface area contributed by atoms with Gasteiger partial charge in [-0.3, -0.25) is 0 Å². The van der Waals surface area contributed by atoms with Crippen LogP contribution < -0.4 is 10.1 Å². The molecule has 88 valence electrons. The maximum Gasteiger partial charge on any atom is 0.161 e. The van der Waals surface area contributed by atoms with Crippen LogP contribution in [0, 0.1) is 0 Å². The minimum Gasteiger partial charge on any atom is -0.504 e. The Labute approximate surface area is 96.4 Å². The third kappa shape index (κ3) is 1.87. The van der Waals surface area contributed by atoms with E-state index in [9.17, 15) is 5.11 Å². The first kappa shape index (κ1) is 11.3. The molecule has 3 nitrogen and oxygen atoms in total. The fourth-order valence-corrected chi connectivity index (χ4v) is 2.46. The summed E-state index contributed by atoms with van der Waals surface area (Å²) >= 11 is 0. The molecule has 1 heterocycles. The lowest BCUT2D eigenvalue weighted by Crippen LogP contribution is -2.09. The highest BCUT2D eigenvalue weighted by Gasteiger charge is 2.24. The Kier molecular flexibility index (Phi) is 3.34. The number of rotatable bonds is 3. The zero-order chi connectivity index (χ0) is 11.5. The third-order valence-electron chi connectivity index (χ3n) is 3.34. The van der Waals surface area contributed by atoms with Crippen LogP contribution in [0.3, 0.4) is 0 Å². The number of phenolic OH excluding ortho intramolecular Hbond substituents is 1. The Morgan fingerprint density at radius 3 is 2.88 bits per heavy atom. The van der Waals surface area contributed by atoms with Gasteiger partial charge >= 0.3 is 0 Å². The summed E-state index contributed by atoms with van der Waals surface area (Å²) < 4.78 is 5.17. The van der Waals surface area contributed by atoms with Crippen molar-refractivity contribution in [1.82, 2.24) is 5.32 Å². The van der Waals surface area contributed by atoms with Crippen LogP contribution >= 0.6 is 0 Å². The molecule has 0 bridgehead atoms. The normalized spacial score (nSPS) is 20.0. The van der Waals surface area contributed by atoms with Crippen molar-refractivity contribution in [2.75, 3.05) is 20.2 Å². The van der Waals surface area contributed by atoms with Crippen LogP contribution in [0.4, 0.5) is 0 Å². The molecule has 1 unspecified atom stereocenters. The van der Waals surface area contributed by atoms with E-state index in [2.05, 4.69) is 18.3 Å². The number of ether oxygens (including phenoxy) is 1. The number of aromatic hydroxyl groups is 1. The zero-order valence-corrected chi connectivity index (χ0v) is 9.92. The second kappa shape index (κ2) is 4.74. The fourth-order valence-electron chi connectivity index (χ4n) is 2.46. The molecular weight excluding hydrogens is 202 g/mol. The highest BCUT2D eigenvalue weighted by molar-refractivity contribution is 5.52. The standard InChI is InChI=1S/C13H19NO2/c1-3-9-4-5-11(16-2)13(15)12(9)10-6-7-14-8-10/h4-5,10,14-15H,3,6-8H2,1-2H3. The first-order chi connectivity index (χ1) is 7.77. The van der Waals surface area contributed by atoms with Crippen LogP contribution in [-0.2, 0) is 6.42 Å². The van der Waals surface area contributed by atoms with E-state index in [0.717, 1.165) is 31.5 Å². The van der Waals surface area contributed by atoms with E-state index < -0.39 is 0 Å².